The van der Waals surface area contributed by atoms with E-state index < -0.39 is 29.4 Å². The van der Waals surface area contributed by atoms with Gasteiger partial charge in [0, 0.05) is 11.6 Å². The number of nitrogens with two attached hydrogens (primary N) is 1. The van der Waals surface area contributed by atoms with Gasteiger partial charge < -0.3 is 21.1 Å². The zero-order chi connectivity index (χ0) is 13.5. The van der Waals surface area contributed by atoms with Crippen molar-refractivity contribution in [1.29, 1.82) is 0 Å². The minimum atomic E-state index is -1.12. The lowest BCUT2D eigenvalue weighted by molar-refractivity contribution is -0.0407. The number of nitrogen functional groups attached to an aromatic ring is 1. The number of anilines is 1. The highest BCUT2D eigenvalue weighted by atomic mass is 16.3. The molecule has 0 spiro atoms. The van der Waals surface area contributed by atoms with Crippen LogP contribution in [0.4, 0.5) is 5.82 Å². The van der Waals surface area contributed by atoms with Gasteiger partial charge in [-0.15, -0.1) is 0 Å². The van der Waals surface area contributed by atoms with Crippen molar-refractivity contribution >= 4 is 5.82 Å². The Balaban J connectivity index is 2.38. The first-order valence-electron chi connectivity index (χ1n) is 5.71. The lowest BCUT2D eigenvalue weighted by Crippen LogP contribution is -2.38. The molecule has 0 aliphatic heterocycles. The molecule has 1 aromatic rings. The molecule has 0 saturated heterocycles. The lowest BCUT2D eigenvalue weighted by atomic mass is 9.87. The van der Waals surface area contributed by atoms with Gasteiger partial charge in [-0.05, 0) is 12.5 Å². The topological polar surface area (TPSA) is 122 Å². The van der Waals surface area contributed by atoms with Crippen molar-refractivity contribution in [2.24, 2.45) is 5.41 Å². The molecule has 0 amide bonds. The summed E-state index contributed by atoms with van der Waals surface area (Å²) in [6.45, 7) is 1.40. The number of aliphatic hydroxyl groups excluding tert-OH is 3. The fraction of sp³-hybridized carbons (Fsp3) is 0.636. The fourth-order valence-corrected chi connectivity index (χ4v) is 2.44. The highest BCUT2D eigenvalue weighted by Gasteiger charge is 2.50. The summed E-state index contributed by atoms with van der Waals surface area (Å²) < 4.78 is 1.24. The second-order valence-corrected chi connectivity index (χ2v) is 5.06. The molecule has 0 radical (unpaired) electrons. The van der Waals surface area contributed by atoms with Gasteiger partial charge in [0.15, 0.2) is 0 Å². The summed E-state index contributed by atoms with van der Waals surface area (Å²) in [6, 6.07) is 0.840. The monoisotopic (exact) mass is 255 g/mol. The van der Waals surface area contributed by atoms with Crippen LogP contribution < -0.4 is 11.4 Å². The summed E-state index contributed by atoms with van der Waals surface area (Å²) in [5.41, 5.74) is 3.99. The van der Waals surface area contributed by atoms with E-state index in [-0.39, 0.29) is 18.8 Å². The van der Waals surface area contributed by atoms with Gasteiger partial charge in [0.05, 0.1) is 18.8 Å². The van der Waals surface area contributed by atoms with Crippen molar-refractivity contribution in [3.8, 4) is 0 Å². The number of hydrogen-bond acceptors (Lipinski definition) is 6. The number of aromatic nitrogens is 2. The van der Waals surface area contributed by atoms with Gasteiger partial charge in [-0.2, -0.15) is 4.98 Å². The van der Waals surface area contributed by atoms with Gasteiger partial charge in [-0.1, -0.05) is 6.92 Å². The average molecular weight is 255 g/mol. The van der Waals surface area contributed by atoms with E-state index >= 15 is 0 Å². The molecule has 18 heavy (non-hydrogen) atoms. The van der Waals surface area contributed by atoms with Crippen LogP contribution in [0.2, 0.25) is 0 Å². The highest BCUT2D eigenvalue weighted by Crippen LogP contribution is 2.43. The molecule has 0 unspecified atom stereocenters. The number of nitrogens with zero attached hydrogens (tertiary/aromatic N) is 2. The molecule has 100 valence electrons. The SMILES string of the molecule is C[C@]1(CO)C[C@@H](n2ccc(N)nc2=O)[C@@H](O)[C@H]1O. The summed E-state index contributed by atoms with van der Waals surface area (Å²) in [5.74, 6) is 0.106. The van der Waals surface area contributed by atoms with E-state index in [0.29, 0.717) is 0 Å². The van der Waals surface area contributed by atoms with Gasteiger partial charge in [-0.25, -0.2) is 4.79 Å². The Hall–Kier alpha value is -1.44. The van der Waals surface area contributed by atoms with Crippen LogP contribution in [0.3, 0.4) is 0 Å². The molecule has 4 atom stereocenters. The maximum absolute atomic E-state index is 11.7. The molecule has 5 N–H and O–H groups in total. The van der Waals surface area contributed by atoms with Crippen LogP contribution in [-0.4, -0.2) is 43.7 Å². The summed E-state index contributed by atoms with van der Waals surface area (Å²) in [5, 5.41) is 29.2. The van der Waals surface area contributed by atoms with Crippen LogP contribution in [0.15, 0.2) is 17.1 Å². The maximum Gasteiger partial charge on any atom is 0.349 e. The van der Waals surface area contributed by atoms with Crippen molar-refractivity contribution < 1.29 is 15.3 Å². The van der Waals surface area contributed by atoms with E-state index in [1.54, 1.807) is 6.92 Å². The van der Waals surface area contributed by atoms with E-state index in [9.17, 15) is 20.1 Å². The van der Waals surface area contributed by atoms with E-state index in [2.05, 4.69) is 4.98 Å². The smallest absolute Gasteiger partial charge is 0.349 e. The van der Waals surface area contributed by atoms with Crippen molar-refractivity contribution in [2.45, 2.75) is 31.6 Å². The summed E-state index contributed by atoms with van der Waals surface area (Å²) in [4.78, 5) is 15.3. The molecule has 7 heteroatoms. The average Bonchev–Trinajstić information content (AvgIpc) is 2.55. The van der Waals surface area contributed by atoms with Crippen molar-refractivity contribution in [3.63, 3.8) is 0 Å². The van der Waals surface area contributed by atoms with E-state index in [1.165, 1.54) is 16.8 Å². The lowest BCUT2D eigenvalue weighted by Gasteiger charge is -2.25. The van der Waals surface area contributed by atoms with Gasteiger partial charge in [0.2, 0.25) is 0 Å². The minimum Gasteiger partial charge on any atom is -0.396 e. The van der Waals surface area contributed by atoms with Crippen LogP contribution in [0.25, 0.3) is 0 Å². The van der Waals surface area contributed by atoms with Crippen LogP contribution in [0.5, 0.6) is 0 Å². The Morgan fingerprint density at radius 1 is 1.61 bits per heavy atom. The maximum atomic E-state index is 11.7. The summed E-state index contributed by atoms with van der Waals surface area (Å²) >= 11 is 0. The first-order valence-corrected chi connectivity index (χ1v) is 5.71. The van der Waals surface area contributed by atoms with Gasteiger partial charge in [0.25, 0.3) is 0 Å². The Morgan fingerprint density at radius 3 is 2.78 bits per heavy atom. The molecule has 1 aliphatic rings. The summed E-state index contributed by atoms with van der Waals surface area (Å²) in [6.07, 6.45) is -0.478. The first-order chi connectivity index (χ1) is 8.39. The zero-order valence-corrected chi connectivity index (χ0v) is 10.0. The molecule has 1 fully saturated rings. The molecular weight excluding hydrogens is 238 g/mol. The van der Waals surface area contributed by atoms with Gasteiger partial charge in [0.1, 0.15) is 11.9 Å². The van der Waals surface area contributed by atoms with Crippen molar-refractivity contribution in [1.82, 2.24) is 9.55 Å². The minimum absolute atomic E-state index is 0.106. The molecule has 1 aromatic heterocycles. The van der Waals surface area contributed by atoms with Crippen molar-refractivity contribution in [3.05, 3.63) is 22.7 Å². The molecule has 0 aromatic carbocycles. The highest BCUT2D eigenvalue weighted by molar-refractivity contribution is 5.24. The molecule has 1 aliphatic carbocycles. The number of rotatable bonds is 2. The van der Waals surface area contributed by atoms with Gasteiger partial charge in [-0.3, -0.25) is 4.57 Å². The molecule has 0 bridgehead atoms. The van der Waals surface area contributed by atoms with E-state index in [4.69, 9.17) is 5.73 Å². The number of hydrogen-bond donors (Lipinski definition) is 4. The molecule has 1 saturated carbocycles. The number of aliphatic hydroxyl groups is 3. The zero-order valence-electron chi connectivity index (χ0n) is 10.0. The van der Waals surface area contributed by atoms with E-state index in [1.807, 2.05) is 0 Å². The van der Waals surface area contributed by atoms with Crippen LogP contribution in [0.1, 0.15) is 19.4 Å². The second-order valence-electron chi connectivity index (χ2n) is 5.06. The third-order valence-electron chi connectivity index (χ3n) is 3.68. The predicted octanol–water partition coefficient (Wildman–Crippen LogP) is -1.51. The molecular formula is C11H17N3O4. The predicted molar refractivity (Wildman–Crippen MR) is 63.8 cm³/mol. The Bertz CT molecular complexity index is 503. The van der Waals surface area contributed by atoms with Crippen LogP contribution in [0, 0.1) is 5.41 Å². The third-order valence-corrected chi connectivity index (χ3v) is 3.68. The van der Waals surface area contributed by atoms with Crippen molar-refractivity contribution in [2.75, 3.05) is 12.3 Å². The molecule has 2 rings (SSSR count). The van der Waals surface area contributed by atoms with Crippen LogP contribution in [-0.2, 0) is 0 Å². The molecule has 1 heterocycles. The normalized spacial score (nSPS) is 35.9. The van der Waals surface area contributed by atoms with E-state index in [0.717, 1.165) is 0 Å². The largest absolute Gasteiger partial charge is 0.396 e. The Labute approximate surface area is 104 Å². The third kappa shape index (κ3) is 1.90. The standard InChI is InChI=1S/C11H17N3O4/c1-11(5-15)4-6(8(16)9(11)17)14-3-2-7(12)13-10(14)18/h2-3,6,8-9,15-17H,4-5H2,1H3,(H2,12,13,18)/t6-,8-,9-,11-/m1/s1. The van der Waals surface area contributed by atoms with Gasteiger partial charge >= 0.3 is 5.69 Å². The molecule has 7 nitrogen and oxygen atoms in total. The Kier molecular flexibility index (Phi) is 3.14. The Morgan fingerprint density at radius 2 is 2.28 bits per heavy atom. The second kappa shape index (κ2) is 4.34. The first kappa shape index (κ1) is 13.0. The quantitative estimate of drug-likeness (QED) is 0.510. The van der Waals surface area contributed by atoms with Crippen LogP contribution >= 0.6 is 0 Å². The fourth-order valence-electron chi connectivity index (χ4n) is 2.44. The summed E-state index contributed by atoms with van der Waals surface area (Å²) in [7, 11) is 0.